The summed E-state index contributed by atoms with van der Waals surface area (Å²) in [5, 5.41) is 15.5. The molecule has 2 N–H and O–H groups in total. The van der Waals surface area contributed by atoms with Gasteiger partial charge in [-0.3, -0.25) is 0 Å². The van der Waals surface area contributed by atoms with Crippen molar-refractivity contribution in [1.29, 1.82) is 5.26 Å². The van der Waals surface area contributed by atoms with Crippen molar-refractivity contribution < 1.29 is 0 Å². The molecule has 0 radical (unpaired) electrons. The fourth-order valence-electron chi connectivity index (χ4n) is 1.75. The van der Waals surface area contributed by atoms with Gasteiger partial charge in [0.1, 0.15) is 0 Å². The summed E-state index contributed by atoms with van der Waals surface area (Å²) >= 11 is 0. The number of nitriles is 1. The first-order valence-corrected chi connectivity index (χ1v) is 5.20. The van der Waals surface area contributed by atoms with Gasteiger partial charge in [-0.25, -0.2) is 0 Å². The first kappa shape index (κ1) is 10.5. The molecule has 0 bridgehead atoms. The van der Waals surface area contributed by atoms with Gasteiger partial charge in [-0.2, -0.15) is 5.26 Å². The van der Waals surface area contributed by atoms with Gasteiger partial charge in [0.2, 0.25) is 0 Å². The van der Waals surface area contributed by atoms with Crippen LogP contribution in [0.4, 0.5) is 0 Å². The third kappa shape index (κ3) is 3.75. The molecule has 1 rings (SSSR count). The SMILES string of the molecule is CCC(CC#N)NC1CCNCC1. The first-order valence-electron chi connectivity index (χ1n) is 5.20. The summed E-state index contributed by atoms with van der Waals surface area (Å²) in [7, 11) is 0. The third-order valence-electron chi connectivity index (χ3n) is 2.64. The topological polar surface area (TPSA) is 47.9 Å². The highest BCUT2D eigenvalue weighted by Gasteiger charge is 2.15. The molecule has 74 valence electrons. The number of nitrogens with one attached hydrogen (secondary N) is 2. The maximum Gasteiger partial charge on any atom is 0.0638 e. The standard InChI is InChI=1S/C10H19N3/c1-2-9(3-6-11)13-10-4-7-12-8-5-10/h9-10,12-13H,2-5,7-8H2,1H3. The summed E-state index contributed by atoms with van der Waals surface area (Å²) in [5.41, 5.74) is 0. The van der Waals surface area contributed by atoms with Crippen LogP contribution in [0.3, 0.4) is 0 Å². The van der Waals surface area contributed by atoms with E-state index in [4.69, 9.17) is 5.26 Å². The Bertz CT molecular complexity index is 167. The van der Waals surface area contributed by atoms with E-state index in [1.165, 1.54) is 12.8 Å². The zero-order chi connectivity index (χ0) is 9.52. The molecule has 0 aromatic rings. The predicted molar refractivity (Wildman–Crippen MR) is 53.3 cm³/mol. The zero-order valence-corrected chi connectivity index (χ0v) is 8.34. The highest BCUT2D eigenvalue weighted by atomic mass is 15.0. The van der Waals surface area contributed by atoms with Crippen LogP contribution in [0.5, 0.6) is 0 Å². The molecule has 3 heteroatoms. The lowest BCUT2D eigenvalue weighted by molar-refractivity contribution is 0.343. The number of hydrogen-bond acceptors (Lipinski definition) is 3. The van der Waals surface area contributed by atoms with E-state index < -0.39 is 0 Å². The largest absolute Gasteiger partial charge is 0.317 e. The Balaban J connectivity index is 2.23. The van der Waals surface area contributed by atoms with Crippen LogP contribution >= 0.6 is 0 Å². The molecule has 1 aliphatic heterocycles. The second-order valence-corrected chi connectivity index (χ2v) is 3.66. The summed E-state index contributed by atoms with van der Waals surface area (Å²) in [6, 6.07) is 3.25. The average Bonchev–Trinajstić information content (AvgIpc) is 2.19. The molecule has 1 aliphatic rings. The van der Waals surface area contributed by atoms with Gasteiger partial charge in [0.15, 0.2) is 0 Å². The van der Waals surface area contributed by atoms with Crippen molar-refractivity contribution in [3.63, 3.8) is 0 Å². The van der Waals surface area contributed by atoms with Crippen molar-refractivity contribution in [2.45, 2.75) is 44.7 Å². The van der Waals surface area contributed by atoms with Crippen molar-refractivity contribution in [3.8, 4) is 6.07 Å². The van der Waals surface area contributed by atoms with Gasteiger partial charge < -0.3 is 10.6 Å². The molecule has 1 fully saturated rings. The molecular weight excluding hydrogens is 162 g/mol. The summed E-state index contributed by atoms with van der Waals surface area (Å²) < 4.78 is 0. The lowest BCUT2D eigenvalue weighted by Gasteiger charge is -2.27. The molecule has 3 nitrogen and oxygen atoms in total. The van der Waals surface area contributed by atoms with Crippen molar-refractivity contribution in [2.75, 3.05) is 13.1 Å². The van der Waals surface area contributed by atoms with Gasteiger partial charge in [-0.05, 0) is 32.4 Å². The van der Waals surface area contributed by atoms with Crippen LogP contribution in [0.1, 0.15) is 32.6 Å². The number of hydrogen-bond donors (Lipinski definition) is 2. The number of piperidine rings is 1. The molecule has 1 unspecified atom stereocenters. The highest BCUT2D eigenvalue weighted by Crippen LogP contribution is 2.06. The fourth-order valence-corrected chi connectivity index (χ4v) is 1.75. The van der Waals surface area contributed by atoms with Crippen molar-refractivity contribution >= 4 is 0 Å². The van der Waals surface area contributed by atoms with Crippen molar-refractivity contribution in [2.24, 2.45) is 0 Å². The van der Waals surface area contributed by atoms with Gasteiger partial charge in [-0.1, -0.05) is 6.92 Å². The van der Waals surface area contributed by atoms with E-state index in [-0.39, 0.29) is 0 Å². The predicted octanol–water partition coefficient (Wildman–Crippen LogP) is 1.02. The Kier molecular flexibility index (Phi) is 4.81. The first-order chi connectivity index (χ1) is 6.36. The van der Waals surface area contributed by atoms with Gasteiger partial charge in [0.05, 0.1) is 12.5 Å². The number of nitrogens with zero attached hydrogens (tertiary/aromatic N) is 1. The van der Waals surface area contributed by atoms with Crippen LogP contribution in [0.15, 0.2) is 0 Å². The number of rotatable bonds is 4. The smallest absolute Gasteiger partial charge is 0.0638 e. The molecule has 0 saturated carbocycles. The molecule has 1 atom stereocenters. The second kappa shape index (κ2) is 5.95. The summed E-state index contributed by atoms with van der Waals surface area (Å²) in [6.07, 6.45) is 4.09. The van der Waals surface area contributed by atoms with E-state index >= 15 is 0 Å². The Morgan fingerprint density at radius 2 is 2.23 bits per heavy atom. The second-order valence-electron chi connectivity index (χ2n) is 3.66. The van der Waals surface area contributed by atoms with Crippen LogP contribution < -0.4 is 10.6 Å². The van der Waals surface area contributed by atoms with Gasteiger partial charge in [0, 0.05) is 12.1 Å². The fraction of sp³-hybridized carbons (Fsp3) is 0.900. The van der Waals surface area contributed by atoms with Crippen molar-refractivity contribution in [3.05, 3.63) is 0 Å². The van der Waals surface area contributed by atoms with Crippen LogP contribution in [-0.4, -0.2) is 25.2 Å². The molecule has 0 aromatic carbocycles. The molecule has 0 amide bonds. The Labute approximate surface area is 80.5 Å². The average molecular weight is 181 g/mol. The zero-order valence-electron chi connectivity index (χ0n) is 8.34. The van der Waals surface area contributed by atoms with E-state index in [9.17, 15) is 0 Å². The van der Waals surface area contributed by atoms with Gasteiger partial charge in [0.25, 0.3) is 0 Å². The maximum atomic E-state index is 8.59. The van der Waals surface area contributed by atoms with Crippen LogP contribution in [0, 0.1) is 11.3 Å². The van der Waals surface area contributed by atoms with Gasteiger partial charge >= 0.3 is 0 Å². The molecule has 13 heavy (non-hydrogen) atoms. The normalized spacial score (nSPS) is 20.9. The summed E-state index contributed by atoms with van der Waals surface area (Å²) in [6.45, 7) is 4.36. The van der Waals surface area contributed by atoms with Gasteiger partial charge in [-0.15, -0.1) is 0 Å². The molecular formula is C10H19N3. The molecule has 0 aromatic heterocycles. The summed E-state index contributed by atoms with van der Waals surface area (Å²) in [5.74, 6) is 0. The Morgan fingerprint density at radius 3 is 2.77 bits per heavy atom. The Hall–Kier alpha value is -0.590. The monoisotopic (exact) mass is 181 g/mol. The van der Waals surface area contributed by atoms with E-state index in [1.54, 1.807) is 0 Å². The minimum atomic E-state index is 0.396. The maximum absolute atomic E-state index is 8.59. The lowest BCUT2D eigenvalue weighted by atomic mass is 10.0. The lowest BCUT2D eigenvalue weighted by Crippen LogP contribution is -2.44. The van der Waals surface area contributed by atoms with Crippen LogP contribution in [0.25, 0.3) is 0 Å². The van der Waals surface area contributed by atoms with E-state index in [1.807, 2.05) is 0 Å². The van der Waals surface area contributed by atoms with Crippen LogP contribution in [0.2, 0.25) is 0 Å². The summed E-state index contributed by atoms with van der Waals surface area (Å²) in [4.78, 5) is 0. The molecule has 1 heterocycles. The molecule has 0 aliphatic carbocycles. The van der Waals surface area contributed by atoms with E-state index in [0.29, 0.717) is 18.5 Å². The van der Waals surface area contributed by atoms with E-state index in [0.717, 1.165) is 19.5 Å². The Morgan fingerprint density at radius 1 is 1.54 bits per heavy atom. The molecule has 1 saturated heterocycles. The quantitative estimate of drug-likeness (QED) is 0.680. The van der Waals surface area contributed by atoms with Crippen molar-refractivity contribution in [1.82, 2.24) is 10.6 Å². The minimum Gasteiger partial charge on any atom is -0.317 e. The van der Waals surface area contributed by atoms with E-state index in [2.05, 4.69) is 23.6 Å². The molecule has 0 spiro atoms. The van der Waals surface area contributed by atoms with Crippen LogP contribution in [-0.2, 0) is 0 Å². The minimum absolute atomic E-state index is 0.396. The highest BCUT2D eigenvalue weighted by molar-refractivity contribution is 4.84. The third-order valence-corrected chi connectivity index (χ3v) is 2.64.